The summed E-state index contributed by atoms with van der Waals surface area (Å²) >= 11 is 6.49. The quantitative estimate of drug-likeness (QED) is 0.734. The van der Waals surface area contributed by atoms with Crippen molar-refractivity contribution < 1.29 is 0 Å². The Balaban J connectivity index is 2.21. The Morgan fingerprint density at radius 1 is 1.33 bits per heavy atom. The summed E-state index contributed by atoms with van der Waals surface area (Å²) in [5, 5.41) is 4.15. The van der Waals surface area contributed by atoms with Crippen LogP contribution in [0.4, 0.5) is 5.69 Å². The Morgan fingerprint density at radius 3 is 2.88 bits per heavy atom. The molecule has 1 aromatic rings. The summed E-state index contributed by atoms with van der Waals surface area (Å²) in [6, 6.07) is 1.99. The topological polar surface area (TPSA) is 37.3 Å². The molecule has 0 atom stereocenters. The van der Waals surface area contributed by atoms with Gasteiger partial charge in [-0.2, -0.15) is 0 Å². The van der Waals surface area contributed by atoms with E-state index in [-0.39, 0.29) is 0 Å². The zero-order valence-corrected chi connectivity index (χ0v) is 15.3. The molecule has 24 heavy (non-hydrogen) atoms. The fourth-order valence-electron chi connectivity index (χ4n) is 2.33. The lowest BCUT2D eigenvalue weighted by Crippen LogP contribution is -2.12. The van der Waals surface area contributed by atoms with E-state index in [1.807, 2.05) is 37.5 Å². The molecule has 2 rings (SSSR count). The van der Waals surface area contributed by atoms with E-state index in [1.54, 1.807) is 6.20 Å². The molecule has 0 fully saturated rings. The molecule has 1 aromatic heterocycles. The Labute approximate surface area is 149 Å². The van der Waals surface area contributed by atoms with Crippen LogP contribution in [-0.4, -0.2) is 17.2 Å². The zero-order chi connectivity index (χ0) is 17.4. The van der Waals surface area contributed by atoms with Gasteiger partial charge in [-0.25, -0.2) is 0 Å². The molecule has 0 saturated carbocycles. The van der Waals surface area contributed by atoms with Crippen LogP contribution in [0.25, 0.3) is 0 Å². The molecule has 1 N–H and O–H groups in total. The molecule has 4 heteroatoms. The first kappa shape index (κ1) is 18.2. The molecule has 0 saturated heterocycles. The highest BCUT2D eigenvalue weighted by molar-refractivity contribution is 6.34. The number of rotatable bonds is 6. The van der Waals surface area contributed by atoms with Crippen LogP contribution < -0.4 is 5.32 Å². The third kappa shape index (κ3) is 4.93. The number of aryl methyl sites for hydroxylation is 1. The normalized spacial score (nSPS) is 18.2. The Kier molecular flexibility index (Phi) is 7.01. The molecule has 126 valence electrons. The lowest BCUT2D eigenvalue weighted by Gasteiger charge is -2.17. The van der Waals surface area contributed by atoms with Crippen LogP contribution in [0, 0.1) is 6.92 Å². The highest BCUT2D eigenvalue weighted by Gasteiger charge is 2.14. The number of pyridine rings is 1. The fourth-order valence-corrected chi connectivity index (χ4v) is 2.56. The second-order valence-corrected chi connectivity index (χ2v) is 6.06. The van der Waals surface area contributed by atoms with E-state index < -0.39 is 0 Å². The molecule has 0 spiro atoms. The molecule has 0 unspecified atom stereocenters. The number of hydrogen-bond donors (Lipinski definition) is 1. The number of hydrogen-bond acceptors (Lipinski definition) is 3. The maximum atomic E-state index is 6.49. The second kappa shape index (κ2) is 9.24. The van der Waals surface area contributed by atoms with Crippen LogP contribution in [0.1, 0.15) is 32.3 Å². The van der Waals surface area contributed by atoms with Crippen LogP contribution in [-0.2, 0) is 0 Å². The van der Waals surface area contributed by atoms with E-state index in [4.69, 9.17) is 11.6 Å². The molecular formula is C20H24ClN3. The first-order valence-corrected chi connectivity index (χ1v) is 8.65. The van der Waals surface area contributed by atoms with E-state index in [0.29, 0.717) is 6.54 Å². The van der Waals surface area contributed by atoms with Gasteiger partial charge in [0.2, 0.25) is 0 Å². The summed E-state index contributed by atoms with van der Waals surface area (Å²) in [6.07, 6.45) is 15.7. The molecule has 0 amide bonds. The first-order valence-electron chi connectivity index (χ1n) is 8.27. The van der Waals surface area contributed by atoms with E-state index in [9.17, 15) is 0 Å². The second-order valence-electron chi connectivity index (χ2n) is 5.65. The summed E-state index contributed by atoms with van der Waals surface area (Å²) in [7, 11) is 0. The van der Waals surface area contributed by atoms with Crippen molar-refractivity contribution in [2.75, 3.05) is 11.9 Å². The number of allylic oxidation sites excluding steroid dienone is 5. The third-order valence-electron chi connectivity index (χ3n) is 3.72. The van der Waals surface area contributed by atoms with Crippen molar-refractivity contribution >= 4 is 23.0 Å². The number of nitrogens with one attached hydrogen (secondary N) is 1. The van der Waals surface area contributed by atoms with Gasteiger partial charge in [0, 0.05) is 24.0 Å². The largest absolute Gasteiger partial charge is 0.379 e. The van der Waals surface area contributed by atoms with Crippen molar-refractivity contribution in [2.45, 2.75) is 33.6 Å². The highest BCUT2D eigenvalue weighted by Crippen LogP contribution is 2.26. The monoisotopic (exact) mass is 341 g/mol. The predicted molar refractivity (Wildman–Crippen MR) is 105 cm³/mol. The van der Waals surface area contributed by atoms with Gasteiger partial charge >= 0.3 is 0 Å². The third-order valence-corrected chi connectivity index (χ3v) is 4.07. The summed E-state index contributed by atoms with van der Waals surface area (Å²) in [4.78, 5) is 8.70. The van der Waals surface area contributed by atoms with E-state index in [1.165, 1.54) is 0 Å². The molecule has 3 nitrogen and oxygen atoms in total. The fraction of sp³-hybridized carbons (Fsp3) is 0.300. The van der Waals surface area contributed by atoms with Gasteiger partial charge in [0.1, 0.15) is 0 Å². The average Bonchev–Trinajstić information content (AvgIpc) is 2.59. The van der Waals surface area contributed by atoms with Crippen LogP contribution in [0.2, 0.25) is 0 Å². The summed E-state index contributed by atoms with van der Waals surface area (Å²) in [5.41, 5.74) is 5.23. The van der Waals surface area contributed by atoms with Crippen LogP contribution in [0.5, 0.6) is 0 Å². The van der Waals surface area contributed by atoms with Crippen molar-refractivity contribution in [3.05, 3.63) is 70.7 Å². The Morgan fingerprint density at radius 2 is 2.17 bits per heavy atom. The maximum absolute atomic E-state index is 6.49. The molecule has 1 aliphatic carbocycles. The van der Waals surface area contributed by atoms with Gasteiger partial charge < -0.3 is 5.32 Å². The molecule has 0 aromatic carbocycles. The molecule has 1 heterocycles. The summed E-state index contributed by atoms with van der Waals surface area (Å²) in [5.74, 6) is 0. The van der Waals surface area contributed by atoms with E-state index in [0.717, 1.165) is 46.0 Å². The zero-order valence-electron chi connectivity index (χ0n) is 14.5. The number of aliphatic imine (C=N–C) groups is 1. The lowest BCUT2D eigenvalue weighted by atomic mass is 9.98. The molecule has 1 aliphatic rings. The van der Waals surface area contributed by atoms with Gasteiger partial charge in [-0.05, 0) is 55.2 Å². The van der Waals surface area contributed by atoms with E-state index >= 15 is 0 Å². The Bertz CT molecular complexity index is 724. The van der Waals surface area contributed by atoms with Crippen molar-refractivity contribution in [3.8, 4) is 0 Å². The van der Waals surface area contributed by atoms with Crippen molar-refractivity contribution in [1.29, 1.82) is 0 Å². The Hall–Kier alpha value is -2.13. The lowest BCUT2D eigenvalue weighted by molar-refractivity contribution is 0.956. The number of nitrogens with zero attached hydrogens (tertiary/aromatic N) is 2. The van der Waals surface area contributed by atoms with E-state index in [2.05, 4.69) is 41.3 Å². The van der Waals surface area contributed by atoms with Crippen molar-refractivity contribution in [2.24, 2.45) is 4.99 Å². The van der Waals surface area contributed by atoms with Crippen molar-refractivity contribution in [1.82, 2.24) is 4.98 Å². The summed E-state index contributed by atoms with van der Waals surface area (Å²) in [6.45, 7) is 6.82. The predicted octanol–water partition coefficient (Wildman–Crippen LogP) is 5.57. The minimum Gasteiger partial charge on any atom is -0.379 e. The number of halogens is 1. The molecule has 0 bridgehead atoms. The molecular weight excluding hydrogens is 318 g/mol. The van der Waals surface area contributed by atoms with Gasteiger partial charge in [-0.3, -0.25) is 9.98 Å². The van der Waals surface area contributed by atoms with Gasteiger partial charge in [-0.15, -0.1) is 0 Å². The van der Waals surface area contributed by atoms with Crippen molar-refractivity contribution in [3.63, 3.8) is 0 Å². The average molecular weight is 342 g/mol. The minimum absolute atomic E-state index is 0.637. The van der Waals surface area contributed by atoms with Gasteiger partial charge in [-0.1, -0.05) is 37.1 Å². The van der Waals surface area contributed by atoms with Crippen LogP contribution in [0.3, 0.4) is 0 Å². The number of anilines is 1. The molecule has 0 aliphatic heterocycles. The van der Waals surface area contributed by atoms with Gasteiger partial charge in [0.25, 0.3) is 0 Å². The van der Waals surface area contributed by atoms with Crippen LogP contribution in [0.15, 0.2) is 70.1 Å². The molecule has 0 radical (unpaired) electrons. The van der Waals surface area contributed by atoms with Gasteiger partial charge in [0.15, 0.2) is 0 Å². The smallest absolute Gasteiger partial charge is 0.0703 e. The standard InChI is InChI=1S/C20H24ClN3/c1-4-6-7-16-11-18(21)17(12-19(16)23-9-5-2)13-24-20-14-22-10-8-15(20)3/h5,7-12,14,24H,4,6,13H2,1-3H3/b9-5-,16-7+,23-19+. The summed E-state index contributed by atoms with van der Waals surface area (Å²) < 4.78 is 0. The number of aromatic nitrogens is 1. The number of unbranched alkanes of at least 4 members (excludes halogenated alkanes) is 1. The first-order chi connectivity index (χ1) is 11.7. The minimum atomic E-state index is 0.637. The highest BCUT2D eigenvalue weighted by atomic mass is 35.5. The van der Waals surface area contributed by atoms with Crippen LogP contribution >= 0.6 is 11.6 Å². The van der Waals surface area contributed by atoms with Gasteiger partial charge in [0.05, 0.1) is 17.6 Å². The maximum Gasteiger partial charge on any atom is 0.0703 e. The SMILES string of the molecule is C\C=C/N=C1\C=C(CNc2cnccc2C)C(Cl)=C\C1=C/CCC.